The molecule has 2 aromatic rings. The number of ether oxygens (including phenoxy) is 1. The van der Waals surface area contributed by atoms with Gasteiger partial charge in [-0.25, -0.2) is 14.8 Å². The Labute approximate surface area is 157 Å². The second kappa shape index (κ2) is 8.93. The molecule has 0 spiro atoms. The van der Waals surface area contributed by atoms with Crippen molar-refractivity contribution in [2.75, 3.05) is 38.1 Å². The SMILES string of the molecule is CCOC(=O)N1CCN(C(=O)c2cc(NCc3ccncc3)ncn2)CC1. The van der Waals surface area contributed by atoms with E-state index in [-0.39, 0.29) is 12.0 Å². The summed E-state index contributed by atoms with van der Waals surface area (Å²) in [7, 11) is 0. The number of nitrogens with one attached hydrogen (secondary N) is 1. The van der Waals surface area contributed by atoms with Crippen LogP contribution in [0.5, 0.6) is 0 Å². The molecule has 9 nitrogen and oxygen atoms in total. The van der Waals surface area contributed by atoms with Gasteiger partial charge in [0.1, 0.15) is 17.8 Å². The second-order valence-electron chi connectivity index (χ2n) is 5.98. The van der Waals surface area contributed by atoms with Crippen LogP contribution in [0.15, 0.2) is 36.9 Å². The maximum atomic E-state index is 12.7. The molecule has 2 aromatic heterocycles. The molecule has 27 heavy (non-hydrogen) atoms. The highest BCUT2D eigenvalue weighted by molar-refractivity contribution is 5.93. The summed E-state index contributed by atoms with van der Waals surface area (Å²) in [6.07, 6.45) is 4.48. The summed E-state index contributed by atoms with van der Waals surface area (Å²) in [5.74, 6) is 0.406. The van der Waals surface area contributed by atoms with Gasteiger partial charge in [0.15, 0.2) is 0 Å². The lowest BCUT2D eigenvalue weighted by Gasteiger charge is -2.33. The van der Waals surface area contributed by atoms with Gasteiger partial charge in [-0.2, -0.15) is 0 Å². The van der Waals surface area contributed by atoms with Crippen molar-refractivity contribution in [3.63, 3.8) is 0 Å². The summed E-state index contributed by atoms with van der Waals surface area (Å²) in [6.45, 7) is 4.47. The van der Waals surface area contributed by atoms with Gasteiger partial charge in [-0.3, -0.25) is 9.78 Å². The minimum Gasteiger partial charge on any atom is -0.450 e. The zero-order chi connectivity index (χ0) is 19.1. The van der Waals surface area contributed by atoms with E-state index in [1.54, 1.807) is 35.2 Å². The molecular weight excluding hydrogens is 348 g/mol. The number of hydrogen-bond donors (Lipinski definition) is 1. The zero-order valence-corrected chi connectivity index (χ0v) is 15.2. The van der Waals surface area contributed by atoms with Gasteiger partial charge in [0.05, 0.1) is 6.61 Å². The zero-order valence-electron chi connectivity index (χ0n) is 15.2. The first-order valence-corrected chi connectivity index (χ1v) is 8.83. The molecule has 0 saturated carbocycles. The predicted molar refractivity (Wildman–Crippen MR) is 98.1 cm³/mol. The first-order chi connectivity index (χ1) is 13.2. The van der Waals surface area contributed by atoms with Crippen LogP contribution < -0.4 is 5.32 Å². The van der Waals surface area contributed by atoms with Gasteiger partial charge in [0.25, 0.3) is 5.91 Å². The Hall–Kier alpha value is -3.23. The Balaban J connectivity index is 1.57. The number of rotatable bonds is 5. The summed E-state index contributed by atoms with van der Waals surface area (Å²) in [4.78, 5) is 40.0. The number of piperazine rings is 1. The minimum absolute atomic E-state index is 0.173. The molecule has 0 bridgehead atoms. The van der Waals surface area contributed by atoms with Crippen LogP contribution in [0.1, 0.15) is 23.0 Å². The molecule has 3 heterocycles. The van der Waals surface area contributed by atoms with Crippen molar-refractivity contribution in [2.24, 2.45) is 0 Å². The van der Waals surface area contributed by atoms with Crippen LogP contribution in [0, 0.1) is 0 Å². The Kier molecular flexibility index (Phi) is 6.14. The van der Waals surface area contributed by atoms with E-state index < -0.39 is 0 Å². The lowest BCUT2D eigenvalue weighted by molar-refractivity contribution is 0.0566. The first-order valence-electron chi connectivity index (χ1n) is 8.83. The van der Waals surface area contributed by atoms with Crippen molar-refractivity contribution in [2.45, 2.75) is 13.5 Å². The summed E-state index contributed by atoms with van der Waals surface area (Å²) in [6, 6.07) is 5.45. The lowest BCUT2D eigenvalue weighted by atomic mass is 10.2. The van der Waals surface area contributed by atoms with Crippen molar-refractivity contribution >= 4 is 17.8 Å². The molecule has 1 aliphatic heterocycles. The van der Waals surface area contributed by atoms with Crippen LogP contribution in [0.4, 0.5) is 10.6 Å². The molecule has 2 amide bonds. The second-order valence-corrected chi connectivity index (χ2v) is 5.98. The molecule has 0 atom stereocenters. The fourth-order valence-electron chi connectivity index (χ4n) is 2.73. The molecule has 0 radical (unpaired) electrons. The fraction of sp³-hybridized carbons (Fsp3) is 0.389. The van der Waals surface area contributed by atoms with Crippen molar-refractivity contribution in [3.8, 4) is 0 Å². The van der Waals surface area contributed by atoms with E-state index in [2.05, 4.69) is 20.3 Å². The normalized spacial score (nSPS) is 14.0. The standard InChI is InChI=1S/C18H22N6O3/c1-2-27-18(26)24-9-7-23(8-10-24)17(25)15-11-16(22-13-21-15)20-12-14-3-5-19-6-4-14/h3-6,11,13H,2,7-10,12H2,1H3,(H,20,21,22). The van der Waals surface area contributed by atoms with Gasteiger partial charge in [-0.15, -0.1) is 0 Å². The van der Waals surface area contributed by atoms with Gasteiger partial charge in [-0.1, -0.05) is 0 Å². The van der Waals surface area contributed by atoms with Crippen LogP contribution in [-0.2, 0) is 11.3 Å². The van der Waals surface area contributed by atoms with Crippen molar-refractivity contribution in [3.05, 3.63) is 48.2 Å². The van der Waals surface area contributed by atoms with E-state index in [0.717, 1.165) is 5.56 Å². The molecule has 142 valence electrons. The van der Waals surface area contributed by atoms with Crippen molar-refractivity contribution in [1.29, 1.82) is 0 Å². The molecule has 1 fully saturated rings. The number of anilines is 1. The largest absolute Gasteiger partial charge is 0.450 e. The summed E-state index contributed by atoms with van der Waals surface area (Å²) in [5.41, 5.74) is 1.39. The van der Waals surface area contributed by atoms with E-state index in [4.69, 9.17) is 4.74 Å². The van der Waals surface area contributed by atoms with Crippen molar-refractivity contribution < 1.29 is 14.3 Å². The van der Waals surface area contributed by atoms with E-state index in [0.29, 0.717) is 50.8 Å². The Bertz CT molecular complexity index is 778. The van der Waals surface area contributed by atoms with Crippen LogP contribution in [0.25, 0.3) is 0 Å². The summed E-state index contributed by atoms with van der Waals surface area (Å²) in [5, 5.41) is 3.18. The maximum Gasteiger partial charge on any atom is 0.409 e. The molecule has 0 aromatic carbocycles. The molecule has 0 unspecified atom stereocenters. The Morgan fingerprint density at radius 1 is 1.11 bits per heavy atom. The molecule has 1 aliphatic rings. The highest BCUT2D eigenvalue weighted by Crippen LogP contribution is 2.11. The van der Waals surface area contributed by atoms with Gasteiger partial charge in [-0.05, 0) is 24.6 Å². The van der Waals surface area contributed by atoms with Crippen LogP contribution in [0.2, 0.25) is 0 Å². The smallest absolute Gasteiger partial charge is 0.409 e. The van der Waals surface area contributed by atoms with Crippen LogP contribution in [0.3, 0.4) is 0 Å². The highest BCUT2D eigenvalue weighted by atomic mass is 16.6. The average molecular weight is 370 g/mol. The quantitative estimate of drug-likeness (QED) is 0.849. The highest BCUT2D eigenvalue weighted by Gasteiger charge is 2.26. The third-order valence-electron chi connectivity index (χ3n) is 4.20. The number of carbonyl (C=O) groups is 2. The third-order valence-corrected chi connectivity index (χ3v) is 4.20. The molecule has 0 aliphatic carbocycles. The predicted octanol–water partition coefficient (Wildman–Crippen LogP) is 1.40. The number of hydrogen-bond acceptors (Lipinski definition) is 7. The van der Waals surface area contributed by atoms with E-state index in [1.165, 1.54) is 6.33 Å². The van der Waals surface area contributed by atoms with Crippen molar-refractivity contribution in [1.82, 2.24) is 24.8 Å². The Morgan fingerprint density at radius 3 is 2.52 bits per heavy atom. The van der Waals surface area contributed by atoms with Gasteiger partial charge in [0, 0.05) is 51.2 Å². The Morgan fingerprint density at radius 2 is 1.81 bits per heavy atom. The third kappa shape index (κ3) is 4.90. The van der Waals surface area contributed by atoms with E-state index >= 15 is 0 Å². The topological polar surface area (TPSA) is 101 Å². The molecule has 1 N–H and O–H groups in total. The number of aromatic nitrogens is 3. The number of amides is 2. The molecular formula is C18H22N6O3. The van der Waals surface area contributed by atoms with E-state index in [1.807, 2.05) is 12.1 Å². The fourth-order valence-corrected chi connectivity index (χ4v) is 2.73. The van der Waals surface area contributed by atoms with Crippen LogP contribution in [-0.4, -0.2) is 69.5 Å². The summed E-state index contributed by atoms with van der Waals surface area (Å²) < 4.78 is 4.99. The van der Waals surface area contributed by atoms with Gasteiger partial charge >= 0.3 is 6.09 Å². The monoisotopic (exact) mass is 370 g/mol. The molecule has 3 rings (SSSR count). The maximum absolute atomic E-state index is 12.7. The number of carbonyl (C=O) groups excluding carboxylic acids is 2. The van der Waals surface area contributed by atoms with E-state index in [9.17, 15) is 9.59 Å². The van der Waals surface area contributed by atoms with Crippen LogP contribution >= 0.6 is 0 Å². The van der Waals surface area contributed by atoms with Gasteiger partial charge in [0.2, 0.25) is 0 Å². The lowest BCUT2D eigenvalue weighted by Crippen LogP contribution is -2.50. The number of pyridine rings is 1. The average Bonchev–Trinajstić information content (AvgIpc) is 2.73. The van der Waals surface area contributed by atoms with Gasteiger partial charge < -0.3 is 19.9 Å². The minimum atomic E-state index is -0.339. The number of nitrogens with zero attached hydrogens (tertiary/aromatic N) is 5. The summed E-state index contributed by atoms with van der Waals surface area (Å²) >= 11 is 0. The molecule has 1 saturated heterocycles. The first kappa shape index (κ1) is 18.6. The molecule has 9 heteroatoms.